The zero-order valence-electron chi connectivity index (χ0n) is 15.1. The van der Waals surface area contributed by atoms with Gasteiger partial charge in [0.05, 0.1) is 19.2 Å². The van der Waals surface area contributed by atoms with Gasteiger partial charge in [0.25, 0.3) is 0 Å². The van der Waals surface area contributed by atoms with Gasteiger partial charge in [-0.25, -0.2) is 15.0 Å². The number of benzene rings is 1. The normalized spacial score (nSPS) is 14.3. The molecule has 27 heavy (non-hydrogen) atoms. The molecule has 0 atom stereocenters. The molecule has 9 heteroatoms. The summed E-state index contributed by atoms with van der Waals surface area (Å²) < 4.78 is 5.22. The Bertz CT molecular complexity index is 814. The Morgan fingerprint density at radius 3 is 2.59 bits per heavy atom. The van der Waals surface area contributed by atoms with Crippen molar-refractivity contribution in [3.8, 4) is 11.8 Å². The van der Waals surface area contributed by atoms with Gasteiger partial charge in [0.1, 0.15) is 11.8 Å². The van der Waals surface area contributed by atoms with Gasteiger partial charge < -0.3 is 20.3 Å². The molecule has 0 bridgehead atoms. The van der Waals surface area contributed by atoms with Crippen molar-refractivity contribution in [2.75, 3.05) is 38.2 Å². The molecule has 1 saturated heterocycles. The minimum Gasteiger partial charge on any atom is -0.495 e. The zero-order chi connectivity index (χ0) is 18.4. The van der Waals surface area contributed by atoms with Crippen molar-refractivity contribution in [1.29, 1.82) is 5.26 Å². The van der Waals surface area contributed by atoms with Crippen LogP contribution in [0.1, 0.15) is 11.1 Å². The molecule has 1 aromatic heterocycles. The molecule has 1 fully saturated rings. The monoisotopic (exact) mass is 479 g/mol. The van der Waals surface area contributed by atoms with Crippen molar-refractivity contribution in [3.05, 3.63) is 47.8 Å². The largest absolute Gasteiger partial charge is 0.495 e. The van der Waals surface area contributed by atoms with E-state index in [9.17, 15) is 0 Å². The first-order chi connectivity index (χ1) is 12.7. The van der Waals surface area contributed by atoms with Crippen molar-refractivity contribution in [1.82, 2.24) is 14.9 Å². The van der Waals surface area contributed by atoms with Crippen LogP contribution in [0.4, 0.5) is 5.95 Å². The molecule has 1 aliphatic heterocycles. The summed E-state index contributed by atoms with van der Waals surface area (Å²) in [6.45, 7) is 3.57. The summed E-state index contributed by atoms with van der Waals surface area (Å²) >= 11 is 0. The highest BCUT2D eigenvalue weighted by molar-refractivity contribution is 14.0. The fourth-order valence-electron chi connectivity index (χ4n) is 2.79. The van der Waals surface area contributed by atoms with Gasteiger partial charge in [-0.2, -0.15) is 5.26 Å². The molecule has 1 aliphatic rings. The quantitative estimate of drug-likeness (QED) is 0.404. The summed E-state index contributed by atoms with van der Waals surface area (Å²) in [6.07, 6.45) is 3.49. The van der Waals surface area contributed by atoms with Gasteiger partial charge in [-0.15, -0.1) is 24.0 Å². The number of ether oxygens (including phenoxy) is 1. The Kier molecular flexibility index (Phi) is 7.60. The average molecular weight is 479 g/mol. The molecule has 0 aliphatic carbocycles. The summed E-state index contributed by atoms with van der Waals surface area (Å²) in [6, 6.07) is 9.33. The Labute approximate surface area is 175 Å². The van der Waals surface area contributed by atoms with Crippen LogP contribution in [-0.4, -0.2) is 54.1 Å². The molecular weight excluding hydrogens is 457 g/mol. The number of nitriles is 1. The summed E-state index contributed by atoms with van der Waals surface area (Å²) in [4.78, 5) is 17.2. The van der Waals surface area contributed by atoms with E-state index in [-0.39, 0.29) is 24.0 Å². The average Bonchev–Trinajstić information content (AvgIpc) is 2.72. The van der Waals surface area contributed by atoms with Gasteiger partial charge in [-0.1, -0.05) is 6.07 Å². The van der Waals surface area contributed by atoms with Gasteiger partial charge in [-0.3, -0.25) is 0 Å². The summed E-state index contributed by atoms with van der Waals surface area (Å²) in [7, 11) is 1.55. The molecule has 0 radical (unpaired) electrons. The number of aromatic nitrogens is 2. The number of hydrogen-bond donors (Lipinski definition) is 1. The predicted molar refractivity (Wildman–Crippen MR) is 114 cm³/mol. The smallest absolute Gasteiger partial charge is 0.225 e. The fraction of sp³-hybridized carbons (Fsp3) is 0.333. The van der Waals surface area contributed by atoms with Crippen LogP contribution in [-0.2, 0) is 6.54 Å². The van der Waals surface area contributed by atoms with Crippen molar-refractivity contribution in [2.45, 2.75) is 6.54 Å². The van der Waals surface area contributed by atoms with E-state index in [1.807, 2.05) is 18.2 Å². The molecule has 1 aromatic carbocycles. The first-order valence-electron chi connectivity index (χ1n) is 8.35. The van der Waals surface area contributed by atoms with Crippen LogP contribution in [0, 0.1) is 11.3 Å². The van der Waals surface area contributed by atoms with Crippen LogP contribution in [0.25, 0.3) is 0 Å². The van der Waals surface area contributed by atoms with Crippen LogP contribution in [0.5, 0.6) is 5.75 Å². The van der Waals surface area contributed by atoms with Crippen LogP contribution in [0.15, 0.2) is 41.7 Å². The number of aliphatic imine (C=N–C) groups is 1. The number of guanidine groups is 1. The first kappa shape index (κ1) is 20.7. The molecule has 0 saturated carbocycles. The molecule has 2 N–H and O–H groups in total. The van der Waals surface area contributed by atoms with Crippen molar-refractivity contribution >= 4 is 35.9 Å². The maximum atomic E-state index is 9.04. The Hall–Kier alpha value is -2.61. The van der Waals surface area contributed by atoms with Gasteiger partial charge in [-0.05, 0) is 23.8 Å². The van der Waals surface area contributed by atoms with E-state index in [4.69, 9.17) is 15.7 Å². The van der Waals surface area contributed by atoms with Crippen molar-refractivity contribution < 1.29 is 4.74 Å². The van der Waals surface area contributed by atoms with Gasteiger partial charge in [0.15, 0.2) is 5.96 Å². The van der Waals surface area contributed by atoms with Crippen molar-refractivity contribution in [2.24, 2.45) is 10.7 Å². The second-order valence-corrected chi connectivity index (χ2v) is 5.84. The fourth-order valence-corrected chi connectivity index (χ4v) is 2.79. The summed E-state index contributed by atoms with van der Waals surface area (Å²) in [5.74, 6) is 1.81. The molecule has 2 aromatic rings. The maximum Gasteiger partial charge on any atom is 0.225 e. The minimum atomic E-state index is 0. The highest BCUT2D eigenvalue weighted by atomic mass is 127. The number of nitrogens with zero attached hydrogens (tertiary/aromatic N) is 6. The molecular formula is C18H22IN7O. The predicted octanol–water partition coefficient (Wildman–Crippen LogP) is 1.61. The van der Waals surface area contributed by atoms with Crippen LogP contribution in [0.2, 0.25) is 0 Å². The Morgan fingerprint density at radius 2 is 1.96 bits per heavy atom. The molecule has 2 heterocycles. The number of hydrogen-bond acceptors (Lipinski definition) is 6. The molecule has 8 nitrogen and oxygen atoms in total. The number of anilines is 1. The zero-order valence-corrected chi connectivity index (χ0v) is 17.4. The number of halogens is 1. The Balaban J connectivity index is 0.00000261. The van der Waals surface area contributed by atoms with E-state index in [2.05, 4.69) is 30.8 Å². The SMILES string of the molecule is COc1cc(CN=C(N)N2CCN(c3ncccn3)CC2)ccc1C#N.I. The third-order valence-corrected chi connectivity index (χ3v) is 4.25. The number of methoxy groups -OCH3 is 1. The van der Waals surface area contributed by atoms with E-state index < -0.39 is 0 Å². The highest BCUT2D eigenvalue weighted by Crippen LogP contribution is 2.19. The second-order valence-electron chi connectivity index (χ2n) is 5.84. The topological polar surface area (TPSA) is 104 Å². The minimum absolute atomic E-state index is 0. The van der Waals surface area contributed by atoms with Gasteiger partial charge in [0.2, 0.25) is 5.95 Å². The molecule has 3 rings (SSSR count). The lowest BCUT2D eigenvalue weighted by atomic mass is 10.1. The number of rotatable bonds is 4. The van der Waals surface area contributed by atoms with E-state index in [1.165, 1.54) is 0 Å². The molecule has 0 spiro atoms. The van der Waals surface area contributed by atoms with Crippen LogP contribution in [0.3, 0.4) is 0 Å². The lowest BCUT2D eigenvalue weighted by molar-refractivity contribution is 0.378. The molecule has 142 valence electrons. The standard InChI is InChI=1S/C18H21N7O.HI/c1-26-16-11-14(3-4-15(16)12-19)13-23-17(20)24-7-9-25(10-8-24)18-21-5-2-6-22-18;/h2-6,11H,7-10,13H2,1H3,(H2,20,23);1H. The van der Waals surface area contributed by atoms with E-state index in [1.54, 1.807) is 25.6 Å². The molecule has 0 amide bonds. The molecule has 0 unspecified atom stereocenters. The van der Waals surface area contributed by atoms with Gasteiger partial charge >= 0.3 is 0 Å². The first-order valence-corrected chi connectivity index (χ1v) is 8.35. The number of piperazine rings is 1. The summed E-state index contributed by atoms with van der Waals surface area (Å²) in [5.41, 5.74) is 7.60. The lowest BCUT2D eigenvalue weighted by Gasteiger charge is -2.35. The number of nitrogens with two attached hydrogens (primary N) is 1. The van der Waals surface area contributed by atoms with E-state index in [0.29, 0.717) is 23.8 Å². The second kappa shape index (κ2) is 9.91. The Morgan fingerprint density at radius 1 is 1.26 bits per heavy atom. The van der Waals surface area contributed by atoms with Crippen LogP contribution >= 0.6 is 24.0 Å². The van der Waals surface area contributed by atoms with Crippen molar-refractivity contribution in [3.63, 3.8) is 0 Å². The summed E-state index contributed by atoms with van der Waals surface area (Å²) in [5, 5.41) is 9.04. The van der Waals surface area contributed by atoms with Crippen LogP contribution < -0.4 is 15.4 Å². The van der Waals surface area contributed by atoms with Gasteiger partial charge in [0, 0.05) is 38.6 Å². The maximum absolute atomic E-state index is 9.04. The van der Waals surface area contributed by atoms with E-state index in [0.717, 1.165) is 37.7 Å². The van der Waals surface area contributed by atoms with E-state index >= 15 is 0 Å². The highest BCUT2D eigenvalue weighted by Gasteiger charge is 2.19. The lowest BCUT2D eigenvalue weighted by Crippen LogP contribution is -2.51. The third-order valence-electron chi connectivity index (χ3n) is 4.25. The third kappa shape index (κ3) is 5.19.